The number of aromatic nitrogens is 1. The Balaban J connectivity index is 2.61. The molecular formula is C12H14N2O. The molecule has 0 saturated carbocycles. The Labute approximate surface area is 88.3 Å². The molecule has 0 aliphatic carbocycles. The van der Waals surface area contributed by atoms with E-state index in [0.29, 0.717) is 5.56 Å². The zero-order valence-electron chi connectivity index (χ0n) is 8.71. The van der Waals surface area contributed by atoms with Crippen LogP contribution in [0.5, 0.6) is 0 Å². The van der Waals surface area contributed by atoms with Crippen molar-refractivity contribution in [2.75, 3.05) is 6.54 Å². The molecule has 0 atom stereocenters. The monoisotopic (exact) mass is 202 g/mol. The first-order valence-corrected chi connectivity index (χ1v) is 5.09. The van der Waals surface area contributed by atoms with Crippen LogP contribution >= 0.6 is 0 Å². The van der Waals surface area contributed by atoms with Crippen LogP contribution in [0.1, 0.15) is 22.8 Å². The molecule has 0 aliphatic rings. The van der Waals surface area contributed by atoms with E-state index in [4.69, 9.17) is 5.73 Å². The molecule has 0 saturated heterocycles. The summed E-state index contributed by atoms with van der Waals surface area (Å²) in [6.45, 7) is 2.15. The third kappa shape index (κ3) is 1.66. The van der Waals surface area contributed by atoms with Crippen molar-refractivity contribution in [3.8, 4) is 0 Å². The molecule has 3 nitrogen and oxygen atoms in total. The van der Waals surface area contributed by atoms with Crippen molar-refractivity contribution in [2.24, 2.45) is 5.73 Å². The maximum absolute atomic E-state index is 11.5. The number of ketones is 1. The maximum atomic E-state index is 11.5. The lowest BCUT2D eigenvalue weighted by molar-refractivity contribution is 0.100. The number of fused-ring (bicyclic) bond motifs is 1. The van der Waals surface area contributed by atoms with Gasteiger partial charge in [-0.25, -0.2) is 0 Å². The number of aryl methyl sites for hydroxylation is 1. The number of nitrogens with two attached hydrogens (primary N) is 1. The summed E-state index contributed by atoms with van der Waals surface area (Å²) in [4.78, 5) is 14.6. The molecule has 1 heterocycles. The van der Waals surface area contributed by atoms with Crippen molar-refractivity contribution in [1.82, 2.24) is 4.98 Å². The van der Waals surface area contributed by atoms with Crippen molar-refractivity contribution in [2.45, 2.75) is 13.3 Å². The zero-order valence-corrected chi connectivity index (χ0v) is 8.71. The van der Waals surface area contributed by atoms with Crippen LogP contribution < -0.4 is 5.73 Å². The molecule has 1 aromatic carbocycles. The summed E-state index contributed by atoms with van der Waals surface area (Å²) in [5, 5.41) is 0.977. The molecule has 0 unspecified atom stereocenters. The number of hydrogen-bond donors (Lipinski definition) is 2. The highest BCUT2D eigenvalue weighted by atomic mass is 16.1. The molecule has 78 valence electrons. The second-order valence-corrected chi connectivity index (χ2v) is 3.56. The van der Waals surface area contributed by atoms with Crippen molar-refractivity contribution < 1.29 is 4.79 Å². The first-order chi connectivity index (χ1) is 7.26. The van der Waals surface area contributed by atoms with Crippen molar-refractivity contribution >= 4 is 16.7 Å². The first-order valence-electron chi connectivity index (χ1n) is 5.09. The summed E-state index contributed by atoms with van der Waals surface area (Å²) in [5.41, 5.74) is 8.28. The Bertz CT molecular complexity index is 499. The van der Waals surface area contributed by atoms with Gasteiger partial charge in [0.2, 0.25) is 0 Å². The molecule has 0 radical (unpaired) electrons. The van der Waals surface area contributed by atoms with Gasteiger partial charge in [-0.1, -0.05) is 13.0 Å². The van der Waals surface area contributed by atoms with Crippen molar-refractivity contribution in [3.05, 3.63) is 35.5 Å². The zero-order chi connectivity index (χ0) is 10.8. The van der Waals surface area contributed by atoms with Crippen LogP contribution in [0.2, 0.25) is 0 Å². The fourth-order valence-electron chi connectivity index (χ4n) is 1.73. The Morgan fingerprint density at radius 3 is 2.93 bits per heavy atom. The van der Waals surface area contributed by atoms with Crippen LogP contribution in [0, 0.1) is 0 Å². The number of aromatic amines is 1. The highest BCUT2D eigenvalue weighted by molar-refractivity contribution is 6.08. The average molecular weight is 202 g/mol. The maximum Gasteiger partial charge on any atom is 0.178 e. The van der Waals surface area contributed by atoms with Gasteiger partial charge >= 0.3 is 0 Å². The van der Waals surface area contributed by atoms with E-state index < -0.39 is 0 Å². The summed E-state index contributed by atoms with van der Waals surface area (Å²) in [7, 11) is 0. The Hall–Kier alpha value is -1.61. The number of carbonyl (C=O) groups excluding carboxylic acids is 1. The standard InChI is InChI=1S/C12H14N2O/c1-2-8-3-4-11-9(5-8)10(7-14-11)12(15)6-13/h3-5,7,14H,2,6,13H2,1H3. The molecule has 2 aromatic rings. The normalized spacial score (nSPS) is 10.8. The Morgan fingerprint density at radius 2 is 2.27 bits per heavy atom. The van der Waals surface area contributed by atoms with E-state index in [1.807, 2.05) is 6.07 Å². The summed E-state index contributed by atoms with van der Waals surface area (Å²) < 4.78 is 0. The molecule has 15 heavy (non-hydrogen) atoms. The summed E-state index contributed by atoms with van der Waals surface area (Å²) in [6, 6.07) is 6.12. The second kappa shape index (κ2) is 3.87. The fraction of sp³-hybridized carbons (Fsp3) is 0.250. The van der Waals surface area contributed by atoms with Gasteiger partial charge in [0.15, 0.2) is 5.78 Å². The van der Waals surface area contributed by atoms with E-state index >= 15 is 0 Å². The molecular weight excluding hydrogens is 188 g/mol. The van der Waals surface area contributed by atoms with Gasteiger partial charge < -0.3 is 10.7 Å². The quantitative estimate of drug-likeness (QED) is 0.746. The van der Waals surface area contributed by atoms with Gasteiger partial charge in [0.25, 0.3) is 0 Å². The predicted octanol–water partition coefficient (Wildman–Crippen LogP) is 1.87. The fourth-order valence-corrected chi connectivity index (χ4v) is 1.73. The lowest BCUT2D eigenvalue weighted by Gasteiger charge is -1.98. The van der Waals surface area contributed by atoms with Crippen LogP contribution in [-0.4, -0.2) is 17.3 Å². The van der Waals surface area contributed by atoms with E-state index in [2.05, 4.69) is 24.0 Å². The van der Waals surface area contributed by atoms with Crippen LogP contribution in [0.4, 0.5) is 0 Å². The molecule has 0 spiro atoms. The molecule has 0 amide bonds. The van der Waals surface area contributed by atoms with E-state index in [9.17, 15) is 4.79 Å². The Morgan fingerprint density at radius 1 is 1.47 bits per heavy atom. The minimum absolute atomic E-state index is 0.0190. The van der Waals surface area contributed by atoms with Crippen molar-refractivity contribution in [1.29, 1.82) is 0 Å². The van der Waals surface area contributed by atoms with E-state index in [-0.39, 0.29) is 12.3 Å². The molecule has 1 aromatic heterocycles. The number of benzene rings is 1. The van der Waals surface area contributed by atoms with Crippen molar-refractivity contribution in [3.63, 3.8) is 0 Å². The van der Waals surface area contributed by atoms with Gasteiger partial charge in [0.1, 0.15) is 0 Å². The number of Topliss-reactive ketones (excluding diaryl/α,β-unsaturated/α-hetero) is 1. The van der Waals surface area contributed by atoms with Gasteiger partial charge in [-0.05, 0) is 24.1 Å². The predicted molar refractivity (Wildman–Crippen MR) is 61.1 cm³/mol. The van der Waals surface area contributed by atoms with Gasteiger partial charge in [0.05, 0.1) is 6.54 Å². The van der Waals surface area contributed by atoms with Crippen LogP contribution in [-0.2, 0) is 6.42 Å². The minimum Gasteiger partial charge on any atom is -0.360 e. The number of nitrogens with one attached hydrogen (secondary N) is 1. The largest absolute Gasteiger partial charge is 0.360 e. The van der Waals surface area contributed by atoms with E-state index in [1.54, 1.807) is 6.20 Å². The SMILES string of the molecule is CCc1ccc2[nH]cc(C(=O)CN)c2c1. The lowest BCUT2D eigenvalue weighted by atomic mass is 10.1. The molecule has 2 rings (SSSR count). The summed E-state index contributed by atoms with van der Waals surface area (Å²) in [6.07, 6.45) is 2.71. The Kier molecular flexibility index (Phi) is 2.56. The first kappa shape index (κ1) is 9.93. The smallest absolute Gasteiger partial charge is 0.178 e. The molecule has 0 fully saturated rings. The topological polar surface area (TPSA) is 58.9 Å². The molecule has 3 N–H and O–H groups in total. The average Bonchev–Trinajstić information content (AvgIpc) is 2.70. The molecule has 0 bridgehead atoms. The summed E-state index contributed by atoms with van der Waals surface area (Å²) >= 11 is 0. The van der Waals surface area contributed by atoms with E-state index in [0.717, 1.165) is 17.3 Å². The number of carbonyl (C=O) groups is 1. The van der Waals surface area contributed by atoms with Crippen LogP contribution in [0.25, 0.3) is 10.9 Å². The third-order valence-electron chi connectivity index (χ3n) is 2.64. The highest BCUT2D eigenvalue weighted by Crippen LogP contribution is 2.20. The summed E-state index contributed by atoms with van der Waals surface area (Å²) in [5.74, 6) is -0.0190. The molecule has 3 heteroatoms. The highest BCUT2D eigenvalue weighted by Gasteiger charge is 2.10. The number of H-pyrrole nitrogens is 1. The van der Waals surface area contributed by atoms with Gasteiger partial charge in [0, 0.05) is 22.7 Å². The van der Waals surface area contributed by atoms with Gasteiger partial charge in [-0.3, -0.25) is 4.79 Å². The van der Waals surface area contributed by atoms with Gasteiger partial charge in [-0.2, -0.15) is 0 Å². The number of rotatable bonds is 3. The lowest BCUT2D eigenvalue weighted by Crippen LogP contribution is -2.12. The minimum atomic E-state index is -0.0190. The second-order valence-electron chi connectivity index (χ2n) is 3.56. The van der Waals surface area contributed by atoms with Gasteiger partial charge in [-0.15, -0.1) is 0 Å². The third-order valence-corrected chi connectivity index (χ3v) is 2.64. The molecule has 0 aliphatic heterocycles. The van der Waals surface area contributed by atoms with Crippen LogP contribution in [0.15, 0.2) is 24.4 Å². The van der Waals surface area contributed by atoms with E-state index in [1.165, 1.54) is 5.56 Å². The number of hydrogen-bond acceptors (Lipinski definition) is 2. The van der Waals surface area contributed by atoms with Crippen LogP contribution in [0.3, 0.4) is 0 Å².